The molecule has 192 valence electrons. The molecule has 0 spiro atoms. The molecule has 7 rings (SSSR count). The van der Waals surface area contributed by atoms with Crippen molar-refractivity contribution >= 4 is 61.5 Å². The van der Waals surface area contributed by atoms with Crippen molar-refractivity contribution in [1.29, 1.82) is 0 Å². The van der Waals surface area contributed by atoms with E-state index in [0.29, 0.717) is 0 Å². The number of hydrogen-bond acceptors (Lipinski definition) is 1. The number of ketones is 1. The zero-order valence-electron chi connectivity index (χ0n) is 22.6. The number of nitrogens with zero attached hydrogens (tertiary/aromatic N) is 2. The average Bonchev–Trinajstić information content (AvgIpc) is 3.46. The van der Waals surface area contributed by atoms with E-state index < -0.39 is 0 Å². The molecule has 2 aromatic heterocycles. The van der Waals surface area contributed by atoms with Crippen molar-refractivity contribution in [2.45, 2.75) is 46.2 Å². The molecular weight excluding hydrogens is 476 g/mol. The zero-order valence-corrected chi connectivity index (χ0v) is 22.6. The summed E-state index contributed by atoms with van der Waals surface area (Å²) in [5, 5.41) is 5.04. The lowest BCUT2D eigenvalue weighted by atomic mass is 9.86. The van der Waals surface area contributed by atoms with Crippen molar-refractivity contribution in [2.24, 2.45) is 0 Å². The number of fused-ring (bicyclic) bond motifs is 6. The minimum atomic E-state index is 0.188. The van der Waals surface area contributed by atoms with Crippen LogP contribution < -0.4 is 0 Å². The number of allylic oxidation sites excluding steroid dienone is 2. The smallest absolute Gasteiger partial charge is 0.185 e. The zero-order chi connectivity index (χ0) is 26.5. The molecule has 0 saturated heterocycles. The third-order valence-corrected chi connectivity index (χ3v) is 8.38. The van der Waals surface area contributed by atoms with Crippen LogP contribution in [-0.4, -0.2) is 14.9 Å². The highest BCUT2D eigenvalue weighted by atomic mass is 16.1. The summed E-state index contributed by atoms with van der Waals surface area (Å²) in [6.45, 7) is 6.25. The molecule has 39 heavy (non-hydrogen) atoms. The first-order valence-electron chi connectivity index (χ1n) is 14.1. The molecule has 0 unspecified atom stereocenters. The maximum atomic E-state index is 13.6. The van der Waals surface area contributed by atoms with E-state index in [1.807, 2.05) is 0 Å². The second kappa shape index (κ2) is 9.43. The molecule has 0 bridgehead atoms. The van der Waals surface area contributed by atoms with Gasteiger partial charge in [0.25, 0.3) is 0 Å². The largest absolute Gasteiger partial charge is 0.341 e. The molecule has 0 aliphatic heterocycles. The predicted octanol–water partition coefficient (Wildman–Crippen LogP) is 9.16. The molecule has 0 radical (unpaired) electrons. The molecule has 0 N–H and O–H groups in total. The summed E-state index contributed by atoms with van der Waals surface area (Å²) in [5.74, 6) is 0.188. The number of rotatable bonds is 4. The van der Waals surface area contributed by atoms with Gasteiger partial charge in [0.1, 0.15) is 0 Å². The van der Waals surface area contributed by atoms with Crippen LogP contribution in [0, 0.1) is 0 Å². The van der Waals surface area contributed by atoms with Crippen LogP contribution in [0.4, 0.5) is 0 Å². The highest BCUT2D eigenvalue weighted by molar-refractivity contribution is 6.15. The number of Topliss-reactive ketones (excluding diaryl/α,β-unsaturated/α-hetero) is 1. The molecule has 6 aromatic rings. The third-order valence-electron chi connectivity index (χ3n) is 8.38. The Morgan fingerprint density at radius 1 is 0.590 bits per heavy atom. The molecule has 3 heteroatoms. The fourth-order valence-corrected chi connectivity index (χ4v) is 6.58. The van der Waals surface area contributed by atoms with Crippen LogP contribution in [0.3, 0.4) is 0 Å². The van der Waals surface area contributed by atoms with Gasteiger partial charge in [0.2, 0.25) is 0 Å². The van der Waals surface area contributed by atoms with Crippen molar-refractivity contribution < 1.29 is 4.79 Å². The van der Waals surface area contributed by atoms with Gasteiger partial charge in [-0.25, -0.2) is 0 Å². The summed E-state index contributed by atoms with van der Waals surface area (Å²) < 4.78 is 4.73. The van der Waals surface area contributed by atoms with Gasteiger partial charge in [-0.2, -0.15) is 0 Å². The van der Waals surface area contributed by atoms with E-state index in [4.69, 9.17) is 0 Å². The summed E-state index contributed by atoms with van der Waals surface area (Å²) in [6.07, 6.45) is 6.88. The van der Waals surface area contributed by atoms with Crippen LogP contribution in [0.1, 0.15) is 44.2 Å². The maximum Gasteiger partial charge on any atom is 0.185 e. The Balaban J connectivity index is 1.26. The summed E-state index contributed by atoms with van der Waals surface area (Å²) in [7, 11) is 0. The third kappa shape index (κ3) is 3.84. The van der Waals surface area contributed by atoms with Crippen LogP contribution >= 0.6 is 0 Å². The second-order valence-electron chi connectivity index (χ2n) is 10.6. The number of aromatic nitrogens is 2. The van der Waals surface area contributed by atoms with Crippen LogP contribution in [0.5, 0.6) is 0 Å². The summed E-state index contributed by atoms with van der Waals surface area (Å²) in [4.78, 5) is 13.6. The quantitative estimate of drug-likeness (QED) is 0.218. The van der Waals surface area contributed by atoms with Crippen molar-refractivity contribution in [3.05, 3.63) is 107 Å². The summed E-state index contributed by atoms with van der Waals surface area (Å²) in [5.41, 5.74) is 9.03. The Labute approximate surface area is 228 Å². The van der Waals surface area contributed by atoms with Gasteiger partial charge in [-0.15, -0.1) is 0 Å². The summed E-state index contributed by atoms with van der Waals surface area (Å²) >= 11 is 0. The standard InChI is InChI=1S/C36H32N2O/c1-3-37-32-14-7-5-12-28(32)30-22-24(16-18-34(30)37)20-26-10-9-11-27(36(26)39)21-25-17-19-35-31(23-25)29-13-6-8-15-33(29)38(35)4-2/h5-8,12-23H,3-4,9-11H2,1-2H3. The van der Waals surface area contributed by atoms with Crippen molar-refractivity contribution in [3.63, 3.8) is 0 Å². The minimum Gasteiger partial charge on any atom is -0.341 e. The van der Waals surface area contributed by atoms with Gasteiger partial charge in [-0.05, 0) is 92.8 Å². The maximum absolute atomic E-state index is 13.6. The predicted molar refractivity (Wildman–Crippen MR) is 165 cm³/mol. The van der Waals surface area contributed by atoms with Crippen LogP contribution in [0.25, 0.3) is 55.8 Å². The average molecular weight is 509 g/mol. The first-order chi connectivity index (χ1) is 19.2. The lowest BCUT2D eigenvalue weighted by molar-refractivity contribution is -0.112. The van der Waals surface area contributed by atoms with E-state index in [-0.39, 0.29) is 5.78 Å². The lowest BCUT2D eigenvalue weighted by Gasteiger charge is -2.17. The SMILES string of the molecule is CCn1c2ccccc2c2cc(C=C3CCCC(=Cc4ccc5c(c4)c4ccccc4n5CC)C3=O)ccc21. The van der Waals surface area contributed by atoms with Gasteiger partial charge in [0.05, 0.1) is 0 Å². The Hall–Kier alpha value is -4.37. The number of carbonyl (C=O) groups is 1. The Bertz CT molecular complexity index is 1840. The molecule has 3 nitrogen and oxygen atoms in total. The Morgan fingerprint density at radius 2 is 1.03 bits per heavy atom. The molecule has 4 aromatic carbocycles. The minimum absolute atomic E-state index is 0.188. The molecule has 2 heterocycles. The second-order valence-corrected chi connectivity index (χ2v) is 10.6. The van der Waals surface area contributed by atoms with Gasteiger partial charge in [-0.1, -0.05) is 48.5 Å². The van der Waals surface area contributed by atoms with Gasteiger partial charge < -0.3 is 9.13 Å². The number of hydrogen-bond donors (Lipinski definition) is 0. The topological polar surface area (TPSA) is 26.9 Å². The Morgan fingerprint density at radius 3 is 1.49 bits per heavy atom. The fraction of sp³-hybridized carbons (Fsp3) is 0.194. The van der Waals surface area contributed by atoms with Crippen molar-refractivity contribution in [1.82, 2.24) is 9.13 Å². The molecule has 0 atom stereocenters. The van der Waals surface area contributed by atoms with E-state index >= 15 is 0 Å². The van der Waals surface area contributed by atoms with Crippen LogP contribution in [0.15, 0.2) is 96.1 Å². The lowest BCUT2D eigenvalue weighted by Crippen LogP contribution is -2.12. The molecule has 1 aliphatic carbocycles. The van der Waals surface area contributed by atoms with E-state index in [1.54, 1.807) is 0 Å². The van der Waals surface area contributed by atoms with Gasteiger partial charge in [0, 0.05) is 67.8 Å². The van der Waals surface area contributed by atoms with E-state index in [0.717, 1.165) is 54.6 Å². The molecule has 0 amide bonds. The number of benzene rings is 4. The van der Waals surface area contributed by atoms with Crippen molar-refractivity contribution in [3.8, 4) is 0 Å². The van der Waals surface area contributed by atoms with Gasteiger partial charge in [0.15, 0.2) is 5.78 Å². The molecule has 1 saturated carbocycles. The molecule has 1 aliphatic rings. The number of para-hydroxylation sites is 2. The highest BCUT2D eigenvalue weighted by Crippen LogP contribution is 2.34. The monoisotopic (exact) mass is 508 g/mol. The number of aryl methyl sites for hydroxylation is 2. The first-order valence-corrected chi connectivity index (χ1v) is 14.1. The normalized spacial score (nSPS) is 16.5. The van der Waals surface area contributed by atoms with E-state index in [9.17, 15) is 4.79 Å². The Kier molecular flexibility index (Phi) is 5.73. The van der Waals surface area contributed by atoms with Crippen LogP contribution in [-0.2, 0) is 17.9 Å². The first kappa shape index (κ1) is 23.7. The van der Waals surface area contributed by atoms with E-state index in [1.165, 1.54) is 43.6 Å². The van der Waals surface area contributed by atoms with Gasteiger partial charge >= 0.3 is 0 Å². The van der Waals surface area contributed by atoms with Crippen molar-refractivity contribution in [2.75, 3.05) is 0 Å². The summed E-state index contributed by atoms with van der Waals surface area (Å²) in [6, 6.07) is 30.4. The molecular formula is C36H32N2O. The molecule has 1 fully saturated rings. The van der Waals surface area contributed by atoms with E-state index in [2.05, 4.69) is 120 Å². The number of carbonyl (C=O) groups excluding carboxylic acids is 1. The highest BCUT2D eigenvalue weighted by Gasteiger charge is 2.21. The van der Waals surface area contributed by atoms with Gasteiger partial charge in [-0.3, -0.25) is 4.79 Å². The van der Waals surface area contributed by atoms with Crippen LogP contribution in [0.2, 0.25) is 0 Å². The fourth-order valence-electron chi connectivity index (χ4n) is 6.58.